The molecule has 0 aromatic heterocycles. The first-order valence-electron chi connectivity index (χ1n) is 4.03. The second-order valence-corrected chi connectivity index (χ2v) is 4.78. The van der Waals surface area contributed by atoms with E-state index in [4.69, 9.17) is 23.2 Å². The molecule has 14 heavy (non-hydrogen) atoms. The smallest absolute Gasteiger partial charge is 0.231 e. The summed E-state index contributed by atoms with van der Waals surface area (Å²) in [6, 6.07) is 5.43. The molecule has 2 rings (SSSR count). The van der Waals surface area contributed by atoms with Crippen LogP contribution in [-0.2, 0) is 4.79 Å². The van der Waals surface area contributed by atoms with Crippen LogP contribution < -0.4 is 5.32 Å². The Morgan fingerprint density at radius 2 is 2.21 bits per heavy atom. The first-order chi connectivity index (χ1) is 6.68. The van der Waals surface area contributed by atoms with Crippen LogP contribution in [0.25, 0.3) is 0 Å². The van der Waals surface area contributed by atoms with E-state index in [9.17, 15) is 4.79 Å². The van der Waals surface area contributed by atoms with E-state index >= 15 is 0 Å². The molecule has 0 unspecified atom stereocenters. The Labute approximate surface area is 96.0 Å². The van der Waals surface area contributed by atoms with Gasteiger partial charge in [-0.2, -0.15) is 0 Å². The molecule has 0 saturated carbocycles. The Kier molecular flexibility index (Phi) is 2.91. The van der Waals surface area contributed by atoms with Crippen LogP contribution in [0.15, 0.2) is 18.2 Å². The van der Waals surface area contributed by atoms with Crippen molar-refractivity contribution < 1.29 is 4.79 Å². The minimum atomic E-state index is -0.0614. The van der Waals surface area contributed by atoms with Crippen LogP contribution >= 0.6 is 35.0 Å². The van der Waals surface area contributed by atoms with Gasteiger partial charge in [0.05, 0.1) is 15.8 Å². The third kappa shape index (κ3) is 1.85. The van der Waals surface area contributed by atoms with Crippen molar-refractivity contribution in [3.63, 3.8) is 0 Å². The van der Waals surface area contributed by atoms with E-state index in [-0.39, 0.29) is 11.3 Å². The quantitative estimate of drug-likeness (QED) is 0.827. The number of hydrogen-bond acceptors (Lipinski definition) is 2. The van der Waals surface area contributed by atoms with Crippen LogP contribution in [0.2, 0.25) is 10.0 Å². The topological polar surface area (TPSA) is 29.1 Å². The number of thioether (sulfide) groups is 1. The third-order valence-corrected chi connectivity index (χ3v) is 3.90. The maximum absolute atomic E-state index is 11.0. The molecular formula is C9H7Cl2NOS. The lowest BCUT2D eigenvalue weighted by molar-refractivity contribution is -0.118. The second kappa shape index (κ2) is 4.01. The summed E-state index contributed by atoms with van der Waals surface area (Å²) in [5.74, 6) is 0.518. The fourth-order valence-electron chi connectivity index (χ4n) is 1.28. The van der Waals surface area contributed by atoms with E-state index in [0.29, 0.717) is 15.8 Å². The minimum Gasteiger partial charge on any atom is -0.339 e. The molecule has 0 aliphatic carbocycles. The summed E-state index contributed by atoms with van der Waals surface area (Å²) in [7, 11) is 0. The second-order valence-electron chi connectivity index (χ2n) is 2.90. The molecule has 1 atom stereocenters. The number of amides is 1. The molecule has 0 spiro atoms. The molecule has 1 aliphatic heterocycles. The minimum absolute atomic E-state index is 0.0380. The monoisotopic (exact) mass is 247 g/mol. The zero-order valence-corrected chi connectivity index (χ0v) is 9.42. The highest BCUT2D eigenvalue weighted by Gasteiger charge is 2.25. The molecule has 0 bridgehead atoms. The summed E-state index contributed by atoms with van der Waals surface area (Å²) in [6.07, 6.45) is 0. The van der Waals surface area contributed by atoms with Gasteiger partial charge >= 0.3 is 0 Å². The largest absolute Gasteiger partial charge is 0.339 e. The van der Waals surface area contributed by atoms with Crippen LogP contribution in [0.5, 0.6) is 0 Å². The number of hydrogen-bond donors (Lipinski definition) is 1. The van der Waals surface area contributed by atoms with Gasteiger partial charge in [-0.15, -0.1) is 11.8 Å². The standard InChI is InChI=1S/C9H7Cl2NOS/c10-6-3-1-2-5(8(6)11)9-12-7(13)4-14-9/h1-3,9H,4H2,(H,12,13)/t9-/m1/s1. The molecule has 1 N–H and O–H groups in total. The number of carbonyl (C=O) groups excluding carboxylic acids is 1. The SMILES string of the molecule is O=C1CS[C@H](c2cccc(Cl)c2Cl)N1. The molecule has 2 nitrogen and oxygen atoms in total. The molecule has 1 aromatic carbocycles. The number of carbonyl (C=O) groups is 1. The summed E-state index contributed by atoms with van der Waals surface area (Å²) in [6.45, 7) is 0. The van der Waals surface area contributed by atoms with Crippen LogP contribution in [0, 0.1) is 0 Å². The van der Waals surface area contributed by atoms with Gasteiger partial charge in [-0.25, -0.2) is 0 Å². The van der Waals surface area contributed by atoms with Crippen LogP contribution in [-0.4, -0.2) is 11.7 Å². The number of nitrogens with one attached hydrogen (secondary N) is 1. The summed E-state index contributed by atoms with van der Waals surface area (Å²) in [5.41, 5.74) is 0.870. The fourth-order valence-corrected chi connectivity index (χ4v) is 2.75. The molecule has 5 heteroatoms. The Morgan fingerprint density at radius 1 is 1.43 bits per heavy atom. The molecule has 1 amide bonds. The lowest BCUT2D eigenvalue weighted by atomic mass is 10.2. The van der Waals surface area contributed by atoms with Crippen LogP contribution in [0.4, 0.5) is 0 Å². The molecule has 1 fully saturated rings. The van der Waals surface area contributed by atoms with E-state index in [0.717, 1.165) is 5.56 Å². The molecule has 1 heterocycles. The van der Waals surface area contributed by atoms with Gasteiger partial charge in [0.2, 0.25) is 5.91 Å². The van der Waals surface area contributed by atoms with Crippen molar-refractivity contribution in [2.45, 2.75) is 5.37 Å². The first-order valence-corrected chi connectivity index (χ1v) is 5.84. The van der Waals surface area contributed by atoms with Crippen molar-refractivity contribution in [1.82, 2.24) is 5.32 Å². The zero-order chi connectivity index (χ0) is 10.1. The van der Waals surface area contributed by atoms with E-state index < -0.39 is 0 Å². The van der Waals surface area contributed by atoms with Crippen molar-refractivity contribution >= 4 is 40.9 Å². The average molecular weight is 248 g/mol. The molecule has 1 saturated heterocycles. The molecule has 1 aromatic rings. The fraction of sp³-hybridized carbons (Fsp3) is 0.222. The highest BCUT2D eigenvalue weighted by Crippen LogP contribution is 2.37. The Bertz CT molecular complexity index is 383. The van der Waals surface area contributed by atoms with Gasteiger partial charge in [0.15, 0.2) is 0 Å². The third-order valence-electron chi connectivity index (χ3n) is 1.94. The Balaban J connectivity index is 2.32. The summed E-state index contributed by atoms with van der Waals surface area (Å²) in [4.78, 5) is 11.0. The van der Waals surface area contributed by atoms with Gasteiger partial charge in [0.1, 0.15) is 5.37 Å². The van der Waals surface area contributed by atoms with E-state index in [1.54, 1.807) is 6.07 Å². The Morgan fingerprint density at radius 3 is 2.86 bits per heavy atom. The van der Waals surface area contributed by atoms with Crippen molar-refractivity contribution in [3.05, 3.63) is 33.8 Å². The number of rotatable bonds is 1. The number of halogens is 2. The summed E-state index contributed by atoms with van der Waals surface area (Å²) < 4.78 is 0. The van der Waals surface area contributed by atoms with E-state index in [1.807, 2.05) is 12.1 Å². The van der Waals surface area contributed by atoms with Gasteiger partial charge < -0.3 is 5.32 Å². The van der Waals surface area contributed by atoms with Gasteiger partial charge in [0, 0.05) is 5.56 Å². The van der Waals surface area contributed by atoms with Crippen molar-refractivity contribution in [3.8, 4) is 0 Å². The van der Waals surface area contributed by atoms with Crippen molar-refractivity contribution in [2.75, 3.05) is 5.75 Å². The Hall–Kier alpha value is -0.380. The van der Waals surface area contributed by atoms with Gasteiger partial charge in [-0.1, -0.05) is 35.3 Å². The van der Waals surface area contributed by atoms with E-state index in [2.05, 4.69) is 5.32 Å². The zero-order valence-electron chi connectivity index (χ0n) is 7.09. The van der Waals surface area contributed by atoms with Crippen LogP contribution in [0.1, 0.15) is 10.9 Å². The lowest BCUT2D eigenvalue weighted by Gasteiger charge is -2.11. The van der Waals surface area contributed by atoms with Crippen molar-refractivity contribution in [1.29, 1.82) is 0 Å². The number of benzene rings is 1. The lowest BCUT2D eigenvalue weighted by Crippen LogP contribution is -2.19. The van der Waals surface area contributed by atoms with Crippen LogP contribution in [0.3, 0.4) is 0 Å². The first kappa shape index (κ1) is 10.1. The molecular weight excluding hydrogens is 241 g/mol. The van der Waals surface area contributed by atoms with Gasteiger partial charge in [0.25, 0.3) is 0 Å². The molecule has 74 valence electrons. The van der Waals surface area contributed by atoms with E-state index in [1.165, 1.54) is 11.8 Å². The normalized spacial score (nSPS) is 21.0. The predicted molar refractivity (Wildman–Crippen MR) is 59.8 cm³/mol. The highest BCUT2D eigenvalue weighted by atomic mass is 35.5. The van der Waals surface area contributed by atoms with Gasteiger partial charge in [-0.05, 0) is 6.07 Å². The van der Waals surface area contributed by atoms with Crippen molar-refractivity contribution in [2.24, 2.45) is 0 Å². The predicted octanol–water partition coefficient (Wildman–Crippen LogP) is 2.86. The maximum atomic E-state index is 11.0. The average Bonchev–Trinajstić information content (AvgIpc) is 2.57. The summed E-state index contributed by atoms with van der Waals surface area (Å²) in [5, 5.41) is 3.80. The van der Waals surface area contributed by atoms with Gasteiger partial charge in [-0.3, -0.25) is 4.79 Å². The maximum Gasteiger partial charge on any atom is 0.231 e. The molecule has 0 radical (unpaired) electrons. The summed E-state index contributed by atoms with van der Waals surface area (Å²) >= 11 is 13.4. The highest BCUT2D eigenvalue weighted by molar-refractivity contribution is 8.00. The molecule has 1 aliphatic rings.